The van der Waals surface area contributed by atoms with E-state index in [0.29, 0.717) is 18.2 Å². The second-order valence-electron chi connectivity index (χ2n) is 8.33. The maximum atomic E-state index is 12.5. The molecule has 0 saturated carbocycles. The molecular formula is C21H39N3O3. The number of carbonyl (C=O) groups excluding carboxylic acids is 3. The summed E-state index contributed by atoms with van der Waals surface area (Å²) >= 11 is 0. The van der Waals surface area contributed by atoms with Gasteiger partial charge in [0.05, 0.1) is 12.1 Å². The lowest BCUT2D eigenvalue weighted by Gasteiger charge is -2.33. The zero-order valence-corrected chi connectivity index (χ0v) is 17.8. The van der Waals surface area contributed by atoms with Gasteiger partial charge in [0.1, 0.15) is 5.78 Å². The van der Waals surface area contributed by atoms with Crippen molar-refractivity contribution in [3.8, 4) is 0 Å². The number of nitrogens with one attached hydrogen (secondary N) is 1. The summed E-state index contributed by atoms with van der Waals surface area (Å²) in [5.74, 6) is 0.101. The fourth-order valence-electron chi connectivity index (χ4n) is 4.08. The van der Waals surface area contributed by atoms with E-state index in [0.717, 1.165) is 38.6 Å². The standard InChI is InChI=1S/C21H39N3O3/c1-6-17(24-13-7-8-19(24)21(27)14(2)3)10-9-15(4)23-18(16(5)25)11-12-20(22)26/h14-15,17-19,23H,6-13H2,1-5H3,(H2,22,26). The Labute approximate surface area is 164 Å². The van der Waals surface area contributed by atoms with Gasteiger partial charge in [0.15, 0.2) is 5.78 Å². The van der Waals surface area contributed by atoms with E-state index >= 15 is 0 Å². The Morgan fingerprint density at radius 2 is 1.81 bits per heavy atom. The minimum atomic E-state index is -0.378. The Morgan fingerprint density at radius 1 is 1.15 bits per heavy atom. The van der Waals surface area contributed by atoms with Crippen LogP contribution in [0, 0.1) is 5.92 Å². The molecule has 1 aliphatic heterocycles. The van der Waals surface area contributed by atoms with E-state index in [9.17, 15) is 14.4 Å². The quantitative estimate of drug-likeness (QED) is 0.511. The number of Topliss-reactive ketones (excluding diaryl/α,β-unsaturated/α-hetero) is 2. The van der Waals surface area contributed by atoms with Crippen LogP contribution in [0.15, 0.2) is 0 Å². The fraction of sp³-hybridized carbons (Fsp3) is 0.857. The van der Waals surface area contributed by atoms with Gasteiger partial charge in [-0.25, -0.2) is 0 Å². The van der Waals surface area contributed by atoms with Crippen molar-refractivity contribution in [3.05, 3.63) is 0 Å². The third-order valence-electron chi connectivity index (χ3n) is 5.72. The monoisotopic (exact) mass is 381 g/mol. The van der Waals surface area contributed by atoms with Gasteiger partial charge in [0, 0.05) is 24.4 Å². The number of carbonyl (C=O) groups is 3. The van der Waals surface area contributed by atoms with Crippen LogP contribution in [0.5, 0.6) is 0 Å². The van der Waals surface area contributed by atoms with E-state index in [2.05, 4.69) is 24.1 Å². The van der Waals surface area contributed by atoms with Crippen LogP contribution in [0.2, 0.25) is 0 Å². The summed E-state index contributed by atoms with van der Waals surface area (Å²) < 4.78 is 0. The lowest BCUT2D eigenvalue weighted by atomic mass is 9.96. The molecule has 156 valence electrons. The number of primary amides is 1. The smallest absolute Gasteiger partial charge is 0.217 e. The lowest BCUT2D eigenvalue weighted by molar-refractivity contribution is -0.127. The van der Waals surface area contributed by atoms with E-state index in [1.807, 2.05) is 13.8 Å². The van der Waals surface area contributed by atoms with Gasteiger partial charge in [-0.2, -0.15) is 0 Å². The Balaban J connectivity index is 2.58. The molecule has 1 rings (SSSR count). The van der Waals surface area contributed by atoms with Gasteiger partial charge in [0.25, 0.3) is 0 Å². The van der Waals surface area contributed by atoms with Crippen LogP contribution in [-0.4, -0.2) is 53.1 Å². The van der Waals surface area contributed by atoms with Crippen LogP contribution in [0.1, 0.15) is 79.6 Å². The summed E-state index contributed by atoms with van der Waals surface area (Å²) in [5.41, 5.74) is 5.21. The van der Waals surface area contributed by atoms with E-state index in [1.54, 1.807) is 6.92 Å². The molecule has 0 bridgehead atoms. The first kappa shape index (κ1) is 23.8. The third kappa shape index (κ3) is 7.70. The molecule has 1 heterocycles. The molecule has 1 aliphatic rings. The van der Waals surface area contributed by atoms with Gasteiger partial charge in [0.2, 0.25) is 5.91 Å². The number of rotatable bonds is 13. The molecule has 0 spiro atoms. The Morgan fingerprint density at radius 3 is 2.33 bits per heavy atom. The first-order valence-corrected chi connectivity index (χ1v) is 10.5. The van der Waals surface area contributed by atoms with Crippen LogP contribution in [0.3, 0.4) is 0 Å². The number of nitrogens with two attached hydrogens (primary N) is 1. The molecule has 4 atom stereocenters. The molecule has 1 amide bonds. The molecule has 0 aliphatic carbocycles. The second kappa shape index (κ2) is 11.5. The number of ketones is 2. The van der Waals surface area contributed by atoms with Crippen molar-refractivity contribution in [3.63, 3.8) is 0 Å². The molecule has 6 heteroatoms. The number of amides is 1. The van der Waals surface area contributed by atoms with Crippen molar-refractivity contribution in [1.82, 2.24) is 10.2 Å². The highest BCUT2D eigenvalue weighted by atomic mass is 16.1. The highest BCUT2D eigenvalue weighted by Crippen LogP contribution is 2.27. The molecular weight excluding hydrogens is 342 g/mol. The number of nitrogens with zero attached hydrogens (tertiary/aromatic N) is 1. The molecule has 0 radical (unpaired) electrons. The Kier molecular flexibility index (Phi) is 10.2. The van der Waals surface area contributed by atoms with Gasteiger partial charge in [-0.05, 0) is 58.9 Å². The van der Waals surface area contributed by atoms with Gasteiger partial charge in [-0.1, -0.05) is 20.8 Å². The molecule has 4 unspecified atom stereocenters. The van der Waals surface area contributed by atoms with Crippen molar-refractivity contribution in [2.24, 2.45) is 11.7 Å². The second-order valence-corrected chi connectivity index (χ2v) is 8.33. The van der Waals surface area contributed by atoms with Gasteiger partial charge in [-0.3, -0.25) is 19.3 Å². The normalized spacial score (nSPS) is 21.2. The summed E-state index contributed by atoms with van der Waals surface area (Å²) in [7, 11) is 0. The van der Waals surface area contributed by atoms with Crippen LogP contribution >= 0.6 is 0 Å². The molecule has 0 aromatic carbocycles. The number of hydrogen-bond donors (Lipinski definition) is 2. The van der Waals surface area contributed by atoms with E-state index in [1.165, 1.54) is 0 Å². The summed E-state index contributed by atoms with van der Waals surface area (Å²) in [6.07, 6.45) is 5.67. The fourth-order valence-corrected chi connectivity index (χ4v) is 4.08. The predicted molar refractivity (Wildman–Crippen MR) is 108 cm³/mol. The van der Waals surface area contributed by atoms with Crippen LogP contribution in [0.25, 0.3) is 0 Å². The van der Waals surface area contributed by atoms with E-state index < -0.39 is 0 Å². The molecule has 6 nitrogen and oxygen atoms in total. The summed E-state index contributed by atoms with van der Waals surface area (Å²) in [5, 5.41) is 3.35. The highest BCUT2D eigenvalue weighted by molar-refractivity contribution is 5.86. The van der Waals surface area contributed by atoms with Gasteiger partial charge < -0.3 is 11.1 Å². The zero-order chi connectivity index (χ0) is 20.6. The van der Waals surface area contributed by atoms with E-state index in [4.69, 9.17) is 5.73 Å². The van der Waals surface area contributed by atoms with Crippen molar-refractivity contribution in [1.29, 1.82) is 0 Å². The van der Waals surface area contributed by atoms with Crippen molar-refractivity contribution >= 4 is 17.5 Å². The molecule has 1 fully saturated rings. The van der Waals surface area contributed by atoms with Gasteiger partial charge in [-0.15, -0.1) is 0 Å². The molecule has 0 aromatic heterocycles. The summed E-state index contributed by atoms with van der Waals surface area (Å²) in [4.78, 5) is 37.8. The topological polar surface area (TPSA) is 92.5 Å². The van der Waals surface area contributed by atoms with Crippen LogP contribution < -0.4 is 11.1 Å². The van der Waals surface area contributed by atoms with Crippen molar-refractivity contribution in [2.45, 2.75) is 104 Å². The number of likely N-dealkylation sites (tertiary alicyclic amines) is 1. The van der Waals surface area contributed by atoms with Crippen molar-refractivity contribution < 1.29 is 14.4 Å². The third-order valence-corrected chi connectivity index (χ3v) is 5.72. The molecule has 27 heavy (non-hydrogen) atoms. The Bertz CT molecular complexity index is 507. The lowest BCUT2D eigenvalue weighted by Crippen LogP contribution is -2.46. The van der Waals surface area contributed by atoms with Crippen LogP contribution in [0.4, 0.5) is 0 Å². The molecule has 1 saturated heterocycles. The van der Waals surface area contributed by atoms with Crippen molar-refractivity contribution in [2.75, 3.05) is 6.54 Å². The van der Waals surface area contributed by atoms with E-state index in [-0.39, 0.29) is 42.2 Å². The maximum Gasteiger partial charge on any atom is 0.217 e. The zero-order valence-electron chi connectivity index (χ0n) is 17.8. The number of hydrogen-bond acceptors (Lipinski definition) is 5. The average molecular weight is 382 g/mol. The predicted octanol–water partition coefficient (Wildman–Crippen LogP) is 2.44. The summed E-state index contributed by atoms with van der Waals surface area (Å²) in [6, 6.07) is 0.307. The molecule has 0 aromatic rings. The highest BCUT2D eigenvalue weighted by Gasteiger charge is 2.35. The Hall–Kier alpha value is -1.27. The minimum Gasteiger partial charge on any atom is -0.370 e. The average Bonchev–Trinajstić information content (AvgIpc) is 3.07. The van der Waals surface area contributed by atoms with Gasteiger partial charge >= 0.3 is 0 Å². The molecule has 3 N–H and O–H groups in total. The first-order valence-electron chi connectivity index (χ1n) is 10.5. The first-order chi connectivity index (χ1) is 12.7. The minimum absolute atomic E-state index is 0.0391. The summed E-state index contributed by atoms with van der Waals surface area (Å²) in [6.45, 7) is 10.8. The maximum absolute atomic E-state index is 12.5. The SMILES string of the molecule is CCC(CCC(C)NC(CCC(N)=O)C(C)=O)N1CCCC1C(=O)C(C)C. The largest absolute Gasteiger partial charge is 0.370 e. The van der Waals surface area contributed by atoms with Crippen LogP contribution in [-0.2, 0) is 14.4 Å².